The average Bonchev–Trinajstić information content (AvgIpc) is 2.83. The van der Waals surface area contributed by atoms with Crippen molar-refractivity contribution in [2.75, 3.05) is 0 Å². The summed E-state index contributed by atoms with van der Waals surface area (Å²) in [6.07, 6.45) is 0.949. The van der Waals surface area contributed by atoms with Crippen LogP contribution in [0, 0.1) is 0 Å². The van der Waals surface area contributed by atoms with E-state index in [0.29, 0.717) is 11.8 Å². The van der Waals surface area contributed by atoms with Crippen molar-refractivity contribution >= 4 is 11.3 Å². The van der Waals surface area contributed by atoms with E-state index in [-0.39, 0.29) is 0 Å². The lowest BCUT2D eigenvalue weighted by molar-refractivity contribution is 0.474. The van der Waals surface area contributed by atoms with Crippen molar-refractivity contribution < 1.29 is 5.11 Å². The van der Waals surface area contributed by atoms with Gasteiger partial charge in [-0.25, -0.2) is 4.98 Å². The van der Waals surface area contributed by atoms with Gasteiger partial charge in [0.2, 0.25) is 0 Å². The molecule has 1 aromatic carbocycles. The first kappa shape index (κ1) is 12.1. The summed E-state index contributed by atoms with van der Waals surface area (Å²) >= 11 is 1.62. The predicted molar refractivity (Wildman–Crippen MR) is 70.2 cm³/mol. The molecule has 0 radical (unpaired) electrons. The average molecular weight is 248 g/mol. The Kier molecular flexibility index (Phi) is 4.12. The molecule has 0 aliphatic rings. The molecule has 0 fully saturated rings. The van der Waals surface area contributed by atoms with Crippen molar-refractivity contribution in [1.82, 2.24) is 10.3 Å². The van der Waals surface area contributed by atoms with Gasteiger partial charge in [0, 0.05) is 18.0 Å². The van der Waals surface area contributed by atoms with Crippen LogP contribution < -0.4 is 5.32 Å². The summed E-state index contributed by atoms with van der Waals surface area (Å²) in [6.45, 7) is 2.96. The van der Waals surface area contributed by atoms with Crippen LogP contribution in [0.4, 0.5) is 0 Å². The van der Waals surface area contributed by atoms with E-state index in [9.17, 15) is 5.11 Å². The smallest absolute Gasteiger partial charge is 0.115 e. The van der Waals surface area contributed by atoms with Crippen molar-refractivity contribution in [2.45, 2.75) is 25.9 Å². The third-order valence-corrected chi connectivity index (χ3v) is 3.23. The number of aromatic hydroxyl groups is 1. The number of rotatable bonds is 5. The molecule has 0 bridgehead atoms. The summed E-state index contributed by atoms with van der Waals surface area (Å²) in [5.41, 5.74) is 4.16. The summed E-state index contributed by atoms with van der Waals surface area (Å²) in [6, 6.07) is 7.75. The Balaban J connectivity index is 1.80. The summed E-state index contributed by atoms with van der Waals surface area (Å²) in [4.78, 5) is 4.23. The molecule has 0 amide bonds. The monoisotopic (exact) mass is 248 g/mol. The van der Waals surface area contributed by atoms with Crippen LogP contribution in [0.2, 0.25) is 0 Å². The topological polar surface area (TPSA) is 45.1 Å². The highest BCUT2D eigenvalue weighted by molar-refractivity contribution is 7.07. The lowest BCUT2D eigenvalue weighted by Crippen LogP contribution is -2.27. The maximum Gasteiger partial charge on any atom is 0.115 e. The highest BCUT2D eigenvalue weighted by Gasteiger charge is 2.04. The molecule has 3 nitrogen and oxygen atoms in total. The molecule has 90 valence electrons. The molecular formula is C13H16N2OS. The van der Waals surface area contributed by atoms with Crippen LogP contribution in [0.3, 0.4) is 0 Å². The number of phenols is 1. The Morgan fingerprint density at radius 1 is 1.35 bits per heavy atom. The lowest BCUT2D eigenvalue weighted by atomic mass is 10.1. The number of benzene rings is 1. The SMILES string of the molecule is CC(Cc1ccc(O)cc1)NCc1cscn1. The third-order valence-electron chi connectivity index (χ3n) is 2.59. The van der Waals surface area contributed by atoms with Crippen LogP contribution in [0.5, 0.6) is 5.75 Å². The molecule has 2 rings (SSSR count). The molecule has 1 unspecified atom stereocenters. The van der Waals surface area contributed by atoms with E-state index in [1.165, 1.54) is 5.56 Å². The fourth-order valence-corrected chi connectivity index (χ4v) is 2.22. The fraction of sp³-hybridized carbons (Fsp3) is 0.308. The number of nitrogens with zero attached hydrogens (tertiary/aromatic N) is 1. The Morgan fingerprint density at radius 2 is 2.12 bits per heavy atom. The van der Waals surface area contributed by atoms with Gasteiger partial charge >= 0.3 is 0 Å². The van der Waals surface area contributed by atoms with Gasteiger partial charge in [0.15, 0.2) is 0 Å². The van der Waals surface area contributed by atoms with E-state index in [4.69, 9.17) is 0 Å². The van der Waals surface area contributed by atoms with Crippen molar-refractivity contribution in [2.24, 2.45) is 0 Å². The quantitative estimate of drug-likeness (QED) is 0.855. The van der Waals surface area contributed by atoms with E-state index in [2.05, 4.69) is 22.6 Å². The van der Waals surface area contributed by atoms with Gasteiger partial charge in [-0.15, -0.1) is 11.3 Å². The fourth-order valence-electron chi connectivity index (χ4n) is 1.66. The van der Waals surface area contributed by atoms with Gasteiger partial charge < -0.3 is 10.4 Å². The minimum Gasteiger partial charge on any atom is -0.508 e. The molecule has 1 heterocycles. The lowest BCUT2D eigenvalue weighted by Gasteiger charge is -2.12. The maximum absolute atomic E-state index is 9.20. The number of thiazole rings is 1. The van der Waals surface area contributed by atoms with Gasteiger partial charge in [0.25, 0.3) is 0 Å². The molecule has 1 atom stereocenters. The van der Waals surface area contributed by atoms with Crippen LogP contribution in [0.15, 0.2) is 35.2 Å². The Labute approximate surface area is 105 Å². The van der Waals surface area contributed by atoms with Crippen molar-refractivity contribution in [1.29, 1.82) is 0 Å². The van der Waals surface area contributed by atoms with Gasteiger partial charge in [-0.1, -0.05) is 12.1 Å². The number of aromatic nitrogens is 1. The first-order valence-corrected chi connectivity index (χ1v) is 6.56. The second-order valence-electron chi connectivity index (χ2n) is 4.13. The van der Waals surface area contributed by atoms with E-state index >= 15 is 0 Å². The van der Waals surface area contributed by atoms with Gasteiger partial charge in [-0.05, 0) is 31.0 Å². The second-order valence-corrected chi connectivity index (χ2v) is 4.85. The Hall–Kier alpha value is -1.39. The Bertz CT molecular complexity index is 439. The molecule has 17 heavy (non-hydrogen) atoms. The van der Waals surface area contributed by atoms with E-state index in [0.717, 1.165) is 18.7 Å². The zero-order chi connectivity index (χ0) is 12.1. The van der Waals surface area contributed by atoms with E-state index < -0.39 is 0 Å². The number of nitrogens with one attached hydrogen (secondary N) is 1. The largest absolute Gasteiger partial charge is 0.508 e. The molecule has 0 spiro atoms. The molecule has 2 N–H and O–H groups in total. The molecule has 2 aromatic rings. The number of hydrogen-bond acceptors (Lipinski definition) is 4. The summed E-state index contributed by atoms with van der Waals surface area (Å²) < 4.78 is 0. The van der Waals surface area contributed by atoms with Gasteiger partial charge in [-0.3, -0.25) is 0 Å². The van der Waals surface area contributed by atoms with Gasteiger partial charge in [-0.2, -0.15) is 0 Å². The number of phenolic OH excluding ortho intramolecular Hbond substituents is 1. The summed E-state index contributed by atoms with van der Waals surface area (Å²) in [5, 5.41) is 14.7. The molecule has 0 saturated heterocycles. The Morgan fingerprint density at radius 3 is 2.76 bits per heavy atom. The maximum atomic E-state index is 9.20. The van der Waals surface area contributed by atoms with Crippen molar-refractivity contribution in [3.8, 4) is 5.75 Å². The zero-order valence-electron chi connectivity index (χ0n) is 9.76. The normalized spacial score (nSPS) is 12.5. The second kappa shape index (κ2) is 5.80. The van der Waals surface area contributed by atoms with Crippen LogP contribution in [0.1, 0.15) is 18.2 Å². The first-order valence-electron chi connectivity index (χ1n) is 5.62. The van der Waals surface area contributed by atoms with Gasteiger partial charge in [0.1, 0.15) is 5.75 Å². The molecule has 0 saturated carbocycles. The zero-order valence-corrected chi connectivity index (χ0v) is 10.6. The third kappa shape index (κ3) is 3.84. The van der Waals surface area contributed by atoms with Crippen LogP contribution >= 0.6 is 11.3 Å². The minimum atomic E-state index is 0.317. The standard InChI is InChI=1S/C13H16N2OS/c1-10(14-7-12-8-17-9-15-12)6-11-2-4-13(16)5-3-11/h2-5,8-10,14,16H,6-7H2,1H3. The van der Waals surface area contributed by atoms with Crippen molar-refractivity contribution in [3.05, 3.63) is 46.4 Å². The first-order chi connectivity index (χ1) is 8.24. The van der Waals surface area contributed by atoms with Crippen LogP contribution in [-0.4, -0.2) is 16.1 Å². The van der Waals surface area contributed by atoms with E-state index in [1.54, 1.807) is 23.5 Å². The molecule has 0 aliphatic heterocycles. The highest BCUT2D eigenvalue weighted by atomic mass is 32.1. The minimum absolute atomic E-state index is 0.317. The summed E-state index contributed by atoms with van der Waals surface area (Å²) in [5.74, 6) is 0.317. The molecule has 4 heteroatoms. The molecule has 0 aliphatic carbocycles. The van der Waals surface area contributed by atoms with E-state index in [1.807, 2.05) is 17.6 Å². The molecule has 1 aromatic heterocycles. The van der Waals surface area contributed by atoms with Gasteiger partial charge in [0.05, 0.1) is 11.2 Å². The van der Waals surface area contributed by atoms with Crippen molar-refractivity contribution in [3.63, 3.8) is 0 Å². The van der Waals surface area contributed by atoms with Crippen LogP contribution in [0.25, 0.3) is 0 Å². The predicted octanol–water partition coefficient (Wildman–Crippen LogP) is 2.57. The molecular weight excluding hydrogens is 232 g/mol. The highest BCUT2D eigenvalue weighted by Crippen LogP contribution is 2.11. The van der Waals surface area contributed by atoms with Crippen LogP contribution in [-0.2, 0) is 13.0 Å². The summed E-state index contributed by atoms with van der Waals surface area (Å²) in [7, 11) is 0. The number of hydrogen-bond donors (Lipinski definition) is 2.